The molecule has 1 saturated heterocycles. The Morgan fingerprint density at radius 1 is 0.899 bits per heavy atom. The normalized spacial score (nSPS) is 25.7. The number of benzene rings is 2. The summed E-state index contributed by atoms with van der Waals surface area (Å²) in [5, 5.41) is 3.98. The molecule has 4 nitrogen and oxygen atoms in total. The topological polar surface area (TPSA) is 49.4 Å². The molecule has 6 atom stereocenters. The molecule has 2 aromatic rings. The van der Waals surface area contributed by atoms with E-state index in [1.54, 1.807) is 12.1 Å². The first kappa shape index (κ1) is 51.3. The quantitative estimate of drug-likeness (QED) is 0.150. The number of allylic oxidation sites excluding steroid dienone is 20. The van der Waals surface area contributed by atoms with Crippen molar-refractivity contribution in [2.45, 2.75) is 127 Å². The van der Waals surface area contributed by atoms with Crippen molar-refractivity contribution in [1.29, 1.82) is 0 Å². The van der Waals surface area contributed by atoms with Crippen molar-refractivity contribution in [1.82, 2.24) is 10.2 Å². The van der Waals surface area contributed by atoms with Crippen LogP contribution in [0.2, 0.25) is 0 Å². The highest BCUT2D eigenvalue weighted by atomic mass is 127. The summed E-state index contributed by atoms with van der Waals surface area (Å²) >= 11 is 3.72. The zero-order chi connectivity index (χ0) is 47.4. The van der Waals surface area contributed by atoms with Gasteiger partial charge in [0.15, 0.2) is 0 Å². The van der Waals surface area contributed by atoms with Crippen molar-refractivity contribution in [2.24, 2.45) is 17.3 Å². The Morgan fingerprint density at radius 3 is 2.41 bits per heavy atom. The summed E-state index contributed by atoms with van der Waals surface area (Å²) in [6, 6.07) is 20.5. The van der Waals surface area contributed by atoms with E-state index in [1.165, 1.54) is 47.7 Å². The van der Waals surface area contributed by atoms with E-state index in [2.05, 4.69) is 166 Å². The fraction of sp³-hybridized carbons (Fsp3) is 0.344. The fourth-order valence-electron chi connectivity index (χ4n) is 11.4. The highest BCUT2D eigenvalue weighted by Gasteiger charge is 2.51. The third kappa shape index (κ3) is 10.6. The second kappa shape index (κ2) is 22.6. The van der Waals surface area contributed by atoms with E-state index in [0.717, 1.165) is 55.2 Å². The van der Waals surface area contributed by atoms with Crippen molar-refractivity contribution in [3.05, 3.63) is 223 Å². The minimum atomic E-state index is -3.82. The molecule has 8 heteroatoms. The fourth-order valence-corrected chi connectivity index (χ4v) is 15.4. The zero-order valence-corrected chi connectivity index (χ0v) is 45.8. The number of sulfone groups is 1. The van der Waals surface area contributed by atoms with Gasteiger partial charge in [0.1, 0.15) is 0 Å². The van der Waals surface area contributed by atoms with Crippen LogP contribution in [-0.2, 0) is 9.84 Å². The van der Waals surface area contributed by atoms with E-state index < -0.39 is 9.84 Å². The van der Waals surface area contributed by atoms with Gasteiger partial charge in [0.05, 0.1) is 9.80 Å². The van der Waals surface area contributed by atoms with E-state index in [-0.39, 0.29) is 53.3 Å². The van der Waals surface area contributed by atoms with Gasteiger partial charge >= 0.3 is 0 Å². The number of rotatable bonds is 18. The number of hydrogen-bond donors (Lipinski definition) is 1. The lowest BCUT2D eigenvalue weighted by Gasteiger charge is -2.41. The number of fused-ring (bicyclic) bond motifs is 1. The van der Waals surface area contributed by atoms with Gasteiger partial charge in [-0.2, -0.15) is 0 Å². The molecule has 2 aromatic carbocycles. The molecule has 9 rings (SSSR count). The first-order chi connectivity index (χ1) is 33.0. The molecule has 1 N–H and O–H groups in total. The predicted octanol–water partition coefficient (Wildman–Crippen LogP) is 16.5. The summed E-state index contributed by atoms with van der Waals surface area (Å²) in [5.41, 5.74) is 9.14. The summed E-state index contributed by atoms with van der Waals surface area (Å²) in [5.74, 6) is 0.289. The molecule has 1 heterocycles. The number of halogens is 1. The zero-order valence-electron chi connectivity index (χ0n) is 41.0. The largest absolute Gasteiger partial charge is 0.341 e. The molecule has 4 unspecified atom stereocenters. The van der Waals surface area contributed by atoms with Crippen molar-refractivity contribution >= 4 is 57.3 Å². The molecule has 7 aliphatic rings. The summed E-state index contributed by atoms with van der Waals surface area (Å²) in [6.45, 7) is 16.3. The Balaban J connectivity index is 0.00000642. The maximum Gasteiger partial charge on any atom is 0.206 e. The molecule has 0 saturated carbocycles. The first-order valence-corrected chi connectivity index (χ1v) is 28.2. The molecule has 0 bridgehead atoms. The van der Waals surface area contributed by atoms with E-state index in [4.69, 9.17) is 6.58 Å². The molecule has 6 aliphatic carbocycles. The highest BCUT2D eigenvalue weighted by molar-refractivity contribution is 14.0. The maximum atomic E-state index is 15.0. The van der Waals surface area contributed by atoms with Gasteiger partial charge in [0, 0.05) is 66.4 Å². The molecule has 0 amide bonds. The van der Waals surface area contributed by atoms with Gasteiger partial charge in [-0.1, -0.05) is 184 Å². The van der Waals surface area contributed by atoms with E-state index in [1.807, 2.05) is 41.7 Å². The van der Waals surface area contributed by atoms with Gasteiger partial charge in [-0.25, -0.2) is 8.42 Å². The summed E-state index contributed by atoms with van der Waals surface area (Å²) < 4.78 is 30.0. The summed E-state index contributed by atoms with van der Waals surface area (Å²) in [4.78, 5) is 8.57. The van der Waals surface area contributed by atoms with E-state index in [9.17, 15) is 0 Å². The Morgan fingerprint density at radius 2 is 1.67 bits per heavy atom. The molecule has 360 valence electrons. The van der Waals surface area contributed by atoms with Crippen LogP contribution in [0.15, 0.2) is 233 Å². The Labute approximate surface area is 439 Å². The SMILES string of the molecule is C=C(CCC1=C(S(=O)(=O)c2ccccc2)/C(=C/C=C2\C3=CC=C[C@]4(C)C(Sc5ccccc5)=CC=C(C34)N2C(C)CCC)CC1)C1=CC=CC2=C(SC3=CCCC=C3)C=C[C@@H](NC(C)CCC)C12.I. The number of hydrogen-bond acceptors (Lipinski definition) is 6. The summed E-state index contributed by atoms with van der Waals surface area (Å²) in [6.07, 6.45) is 43.6. The number of thioether (sulfide) groups is 2. The van der Waals surface area contributed by atoms with Gasteiger partial charge in [-0.05, 0) is 130 Å². The molecular weight excluding hydrogens is 1020 g/mol. The van der Waals surface area contributed by atoms with Crippen LogP contribution in [0.5, 0.6) is 0 Å². The average Bonchev–Trinajstić information content (AvgIpc) is 3.92. The Hall–Kier alpha value is -4.06. The van der Waals surface area contributed by atoms with Crippen LogP contribution < -0.4 is 5.32 Å². The minimum absolute atomic E-state index is 0. The average molecular weight is 1090 g/mol. The highest BCUT2D eigenvalue weighted by Crippen LogP contribution is 2.60. The molecule has 69 heavy (non-hydrogen) atoms. The van der Waals surface area contributed by atoms with Crippen LogP contribution in [0.25, 0.3) is 0 Å². The third-order valence-corrected chi connectivity index (χ3v) is 19.1. The van der Waals surface area contributed by atoms with E-state index >= 15 is 8.42 Å². The Bertz CT molecular complexity index is 2830. The second-order valence-electron chi connectivity index (χ2n) is 19.5. The van der Waals surface area contributed by atoms with Gasteiger partial charge in [-0.15, -0.1) is 24.0 Å². The van der Waals surface area contributed by atoms with Crippen molar-refractivity contribution in [3.63, 3.8) is 0 Å². The number of nitrogens with zero attached hydrogens (tertiary/aromatic N) is 1. The van der Waals surface area contributed by atoms with Crippen LogP contribution in [0, 0.1) is 17.3 Å². The van der Waals surface area contributed by atoms with Crippen molar-refractivity contribution in [3.8, 4) is 0 Å². The molecule has 0 aromatic heterocycles. The molecule has 1 fully saturated rings. The first-order valence-electron chi connectivity index (χ1n) is 25.1. The number of nitrogens with one attached hydrogen (secondary N) is 1. The van der Waals surface area contributed by atoms with Gasteiger partial charge in [-0.3, -0.25) is 0 Å². The number of likely N-dealkylation sites (tertiary alicyclic amines) is 1. The second-order valence-corrected chi connectivity index (χ2v) is 23.7. The predicted molar refractivity (Wildman–Crippen MR) is 306 cm³/mol. The van der Waals surface area contributed by atoms with E-state index in [0.29, 0.717) is 41.5 Å². The summed E-state index contributed by atoms with van der Waals surface area (Å²) in [7, 11) is -3.82. The molecule has 0 spiro atoms. The lowest BCUT2D eigenvalue weighted by Crippen LogP contribution is -2.43. The maximum absolute atomic E-state index is 15.0. The van der Waals surface area contributed by atoms with Crippen LogP contribution >= 0.6 is 47.5 Å². The monoisotopic (exact) mass is 1080 g/mol. The van der Waals surface area contributed by atoms with Crippen LogP contribution in [0.1, 0.15) is 98.8 Å². The Kier molecular flexibility index (Phi) is 16.8. The molecule has 0 radical (unpaired) electrons. The van der Waals surface area contributed by atoms with Crippen LogP contribution in [0.4, 0.5) is 0 Å². The third-order valence-electron chi connectivity index (χ3n) is 14.7. The molecular formula is C61H69IN2O2S3. The van der Waals surface area contributed by atoms with Crippen LogP contribution in [0.3, 0.4) is 0 Å². The minimum Gasteiger partial charge on any atom is -0.341 e. The lowest BCUT2D eigenvalue weighted by molar-refractivity contribution is 0.301. The van der Waals surface area contributed by atoms with Crippen molar-refractivity contribution in [2.75, 3.05) is 0 Å². The standard InChI is InChI=1S/C61H68N2O2S3.HI/c1-7-20-43(4)62-53-36-39-56(66-47-22-12-9-13-23-47)52-29-18-28-50(58(52)53)42(3)31-32-45-33-34-46(60(45)68(64,65)49-26-16-11-17-27-49)35-37-54-51-30-19-41-61(6)57(67-48-24-14-10-15-25-48)40-38-55(59(51)61)63(54)44(5)21-8-2;/h10-12,14-19,22-30,35-41,43-44,53,58-59,62H,3,7-9,13,20-21,31-34H2,1-2,4-6H3;1H/b46-35+,54-37+;/t43?,44?,53-,58?,59?,61-;/m1./s1. The van der Waals surface area contributed by atoms with Crippen LogP contribution in [-0.4, -0.2) is 31.4 Å². The molecule has 1 aliphatic heterocycles. The van der Waals surface area contributed by atoms with Gasteiger partial charge < -0.3 is 10.2 Å². The van der Waals surface area contributed by atoms with Crippen molar-refractivity contribution < 1.29 is 8.42 Å². The lowest BCUT2D eigenvalue weighted by atomic mass is 9.68. The van der Waals surface area contributed by atoms with Gasteiger partial charge in [0.25, 0.3) is 0 Å². The van der Waals surface area contributed by atoms with Gasteiger partial charge in [0.2, 0.25) is 9.84 Å². The smallest absolute Gasteiger partial charge is 0.206 e.